The summed E-state index contributed by atoms with van der Waals surface area (Å²) in [6.07, 6.45) is 1.44. The van der Waals surface area contributed by atoms with Crippen LogP contribution in [0.2, 0.25) is 0 Å². The number of aromatic nitrogens is 1. The second-order valence-corrected chi connectivity index (χ2v) is 2.05. The molecule has 58 valence electrons. The van der Waals surface area contributed by atoms with Crippen molar-refractivity contribution in [2.24, 2.45) is 0 Å². The average Bonchev–Trinajstić information content (AvgIpc) is 2.05. The van der Waals surface area contributed by atoms with Crippen molar-refractivity contribution < 1.29 is 4.79 Å². The number of hydrogen-bond acceptors (Lipinski definition) is 3. The van der Waals surface area contributed by atoms with E-state index in [2.05, 4.69) is 10.3 Å². The molecule has 0 aromatic carbocycles. The molecule has 4 nitrogen and oxygen atoms in total. The zero-order valence-corrected chi connectivity index (χ0v) is 6.16. The number of pyridine rings is 1. The Morgan fingerprint density at radius 2 is 2.36 bits per heavy atom. The Bertz CT molecular complexity index is 255. The van der Waals surface area contributed by atoms with Crippen LogP contribution in [0.5, 0.6) is 0 Å². The van der Waals surface area contributed by atoms with Gasteiger partial charge in [-0.05, 0) is 12.1 Å². The van der Waals surface area contributed by atoms with Gasteiger partial charge in [-0.25, -0.2) is 4.98 Å². The van der Waals surface area contributed by atoms with E-state index in [0.29, 0.717) is 11.4 Å². The lowest BCUT2D eigenvalue weighted by Gasteiger charge is -1.97. The molecule has 0 saturated carbocycles. The smallest absolute Gasteiger partial charge is 0.252 e. The van der Waals surface area contributed by atoms with Gasteiger partial charge in [-0.2, -0.15) is 0 Å². The zero-order chi connectivity index (χ0) is 8.27. The van der Waals surface area contributed by atoms with Gasteiger partial charge in [0.2, 0.25) is 0 Å². The maximum Gasteiger partial charge on any atom is 0.252 e. The number of nitrogens with one attached hydrogen (secondary N) is 1. The van der Waals surface area contributed by atoms with Crippen molar-refractivity contribution in [1.29, 1.82) is 0 Å². The highest BCUT2D eigenvalue weighted by Gasteiger charge is 2.00. The third kappa shape index (κ3) is 1.67. The molecule has 0 spiro atoms. The summed E-state index contributed by atoms with van der Waals surface area (Å²) in [5.74, 6) is 0.259. The molecule has 1 heterocycles. The molecular formula is C7H9N3O. The summed E-state index contributed by atoms with van der Waals surface area (Å²) in [7, 11) is 1.57. The number of carbonyl (C=O) groups excluding carboxylic acids is 1. The van der Waals surface area contributed by atoms with Crippen molar-refractivity contribution >= 4 is 11.7 Å². The summed E-state index contributed by atoms with van der Waals surface area (Å²) in [4.78, 5) is 14.7. The molecule has 11 heavy (non-hydrogen) atoms. The summed E-state index contributed by atoms with van der Waals surface area (Å²) < 4.78 is 0. The number of anilines is 1. The fourth-order valence-corrected chi connectivity index (χ4v) is 0.684. The van der Waals surface area contributed by atoms with E-state index in [1.165, 1.54) is 6.20 Å². The van der Waals surface area contributed by atoms with Crippen LogP contribution in [0.3, 0.4) is 0 Å². The second-order valence-electron chi connectivity index (χ2n) is 2.05. The number of hydrogen-bond donors (Lipinski definition) is 2. The fourth-order valence-electron chi connectivity index (χ4n) is 0.684. The predicted octanol–water partition coefficient (Wildman–Crippen LogP) is 0.0234. The molecule has 3 N–H and O–H groups in total. The average molecular weight is 151 g/mol. The minimum absolute atomic E-state index is 0.155. The van der Waals surface area contributed by atoms with E-state index in [4.69, 9.17) is 5.73 Å². The Balaban J connectivity index is 2.90. The molecule has 0 saturated heterocycles. The van der Waals surface area contributed by atoms with Crippen LogP contribution in [0.25, 0.3) is 0 Å². The molecule has 1 rings (SSSR count). The topological polar surface area (TPSA) is 68.0 Å². The van der Waals surface area contributed by atoms with E-state index in [1.54, 1.807) is 19.2 Å². The highest BCUT2D eigenvalue weighted by atomic mass is 16.1. The summed E-state index contributed by atoms with van der Waals surface area (Å²) in [5.41, 5.74) is 5.84. The van der Waals surface area contributed by atoms with E-state index in [1.807, 2.05) is 0 Å². The number of amides is 1. The molecule has 0 unspecified atom stereocenters. The lowest BCUT2D eigenvalue weighted by atomic mass is 10.3. The van der Waals surface area contributed by atoms with Crippen molar-refractivity contribution in [3.8, 4) is 0 Å². The van der Waals surface area contributed by atoms with E-state index in [0.717, 1.165) is 0 Å². The molecule has 0 aliphatic rings. The van der Waals surface area contributed by atoms with Gasteiger partial charge >= 0.3 is 0 Å². The van der Waals surface area contributed by atoms with Gasteiger partial charge in [-0.15, -0.1) is 0 Å². The molecule has 0 aliphatic heterocycles. The molecule has 0 aliphatic carbocycles. The second kappa shape index (κ2) is 3.01. The molecule has 4 heteroatoms. The van der Waals surface area contributed by atoms with Crippen LogP contribution in [0.4, 0.5) is 5.82 Å². The zero-order valence-electron chi connectivity index (χ0n) is 6.16. The number of rotatable bonds is 1. The Labute approximate surface area is 64.4 Å². The number of nitrogen functional groups attached to an aromatic ring is 1. The van der Waals surface area contributed by atoms with Gasteiger partial charge in [-0.3, -0.25) is 4.79 Å². The molecule has 0 fully saturated rings. The summed E-state index contributed by atoms with van der Waals surface area (Å²) in [5, 5.41) is 2.48. The molecule has 0 bridgehead atoms. The first-order valence-electron chi connectivity index (χ1n) is 3.17. The van der Waals surface area contributed by atoms with Gasteiger partial charge in [-0.1, -0.05) is 0 Å². The molecule has 0 radical (unpaired) electrons. The SMILES string of the molecule is CNC(=O)c1ccc(N)nc1. The highest BCUT2D eigenvalue weighted by Crippen LogP contribution is 1.99. The maximum atomic E-state index is 10.9. The lowest BCUT2D eigenvalue weighted by molar-refractivity contribution is 0.0963. The van der Waals surface area contributed by atoms with Gasteiger partial charge in [0.15, 0.2) is 0 Å². The summed E-state index contributed by atoms with van der Waals surface area (Å²) in [6, 6.07) is 3.21. The minimum atomic E-state index is -0.155. The van der Waals surface area contributed by atoms with Crippen LogP contribution in [-0.4, -0.2) is 17.9 Å². The Morgan fingerprint density at radius 3 is 2.82 bits per heavy atom. The largest absolute Gasteiger partial charge is 0.384 e. The highest BCUT2D eigenvalue weighted by molar-refractivity contribution is 5.93. The van der Waals surface area contributed by atoms with E-state index in [-0.39, 0.29) is 5.91 Å². The number of nitrogens with zero attached hydrogens (tertiary/aromatic N) is 1. The van der Waals surface area contributed by atoms with Crippen LogP contribution < -0.4 is 11.1 Å². The van der Waals surface area contributed by atoms with Crippen LogP contribution in [0.1, 0.15) is 10.4 Å². The predicted molar refractivity (Wildman–Crippen MR) is 42.0 cm³/mol. The van der Waals surface area contributed by atoms with Crippen LogP contribution in [-0.2, 0) is 0 Å². The van der Waals surface area contributed by atoms with Gasteiger partial charge in [0.1, 0.15) is 5.82 Å². The Hall–Kier alpha value is -1.58. The molecule has 1 amide bonds. The first-order chi connectivity index (χ1) is 5.24. The van der Waals surface area contributed by atoms with Crippen molar-refractivity contribution in [2.45, 2.75) is 0 Å². The quantitative estimate of drug-likeness (QED) is 0.594. The van der Waals surface area contributed by atoms with Crippen LogP contribution >= 0.6 is 0 Å². The molecule has 0 atom stereocenters. The third-order valence-electron chi connectivity index (χ3n) is 1.28. The van der Waals surface area contributed by atoms with Crippen molar-refractivity contribution in [3.63, 3.8) is 0 Å². The molecule has 1 aromatic heterocycles. The molecule has 1 aromatic rings. The van der Waals surface area contributed by atoms with Crippen LogP contribution in [0.15, 0.2) is 18.3 Å². The summed E-state index contributed by atoms with van der Waals surface area (Å²) in [6.45, 7) is 0. The van der Waals surface area contributed by atoms with Gasteiger partial charge in [0.25, 0.3) is 5.91 Å². The first-order valence-corrected chi connectivity index (χ1v) is 3.17. The first kappa shape index (κ1) is 7.53. The van der Waals surface area contributed by atoms with Crippen LogP contribution in [0, 0.1) is 0 Å². The fraction of sp³-hybridized carbons (Fsp3) is 0.143. The number of carbonyl (C=O) groups is 1. The van der Waals surface area contributed by atoms with Gasteiger partial charge < -0.3 is 11.1 Å². The lowest BCUT2D eigenvalue weighted by Crippen LogP contribution is -2.17. The monoisotopic (exact) mass is 151 g/mol. The maximum absolute atomic E-state index is 10.9. The standard InChI is InChI=1S/C7H9N3O/c1-9-7(11)5-2-3-6(8)10-4-5/h2-4H,1H3,(H2,8,10)(H,9,11). The Kier molecular flexibility index (Phi) is 2.06. The Morgan fingerprint density at radius 1 is 1.64 bits per heavy atom. The molecular weight excluding hydrogens is 142 g/mol. The van der Waals surface area contributed by atoms with Crippen molar-refractivity contribution in [1.82, 2.24) is 10.3 Å². The number of nitrogens with two attached hydrogens (primary N) is 1. The van der Waals surface area contributed by atoms with Gasteiger partial charge in [0.05, 0.1) is 5.56 Å². The normalized spacial score (nSPS) is 9.18. The van der Waals surface area contributed by atoms with Crippen molar-refractivity contribution in [2.75, 3.05) is 12.8 Å². The van der Waals surface area contributed by atoms with Gasteiger partial charge in [0, 0.05) is 13.2 Å². The summed E-state index contributed by atoms with van der Waals surface area (Å²) >= 11 is 0. The minimum Gasteiger partial charge on any atom is -0.384 e. The van der Waals surface area contributed by atoms with E-state index in [9.17, 15) is 4.79 Å². The van der Waals surface area contributed by atoms with E-state index >= 15 is 0 Å². The third-order valence-corrected chi connectivity index (χ3v) is 1.28. The van der Waals surface area contributed by atoms with E-state index < -0.39 is 0 Å². The van der Waals surface area contributed by atoms with Crippen molar-refractivity contribution in [3.05, 3.63) is 23.9 Å².